The van der Waals surface area contributed by atoms with Gasteiger partial charge in [-0.2, -0.15) is 0 Å². The zero-order valence-electron chi connectivity index (χ0n) is 13.2. The fourth-order valence-electron chi connectivity index (χ4n) is 4.02. The average Bonchev–Trinajstić information content (AvgIpc) is 2.69. The summed E-state index contributed by atoms with van der Waals surface area (Å²) in [5.41, 5.74) is 2.19. The van der Waals surface area contributed by atoms with Crippen LogP contribution in [0.25, 0.3) is 0 Å². The van der Waals surface area contributed by atoms with Crippen molar-refractivity contribution >= 4 is 0 Å². The maximum atomic E-state index is 4.24. The first-order valence-corrected chi connectivity index (χ1v) is 7.54. The summed E-state index contributed by atoms with van der Waals surface area (Å²) in [5, 5.41) is 3.75. The first-order valence-electron chi connectivity index (χ1n) is 7.54. The summed E-state index contributed by atoms with van der Waals surface area (Å²) < 4.78 is 2.21. The predicted molar refractivity (Wildman–Crippen MR) is 79.9 cm³/mol. The van der Waals surface area contributed by atoms with Crippen LogP contribution in [0.3, 0.4) is 0 Å². The molecule has 0 radical (unpaired) electrons. The zero-order chi connectivity index (χ0) is 14.1. The van der Waals surface area contributed by atoms with Gasteiger partial charge in [-0.3, -0.25) is 0 Å². The molecule has 0 amide bonds. The maximum absolute atomic E-state index is 4.24. The van der Waals surface area contributed by atoms with E-state index >= 15 is 0 Å². The highest BCUT2D eigenvalue weighted by atomic mass is 15.1. The molecule has 0 spiro atoms. The van der Waals surface area contributed by atoms with Gasteiger partial charge in [0.05, 0.1) is 12.0 Å². The summed E-state index contributed by atoms with van der Waals surface area (Å²) >= 11 is 0. The molecule has 1 saturated carbocycles. The Morgan fingerprint density at radius 2 is 1.89 bits per heavy atom. The minimum Gasteiger partial charge on any atom is -0.334 e. The average molecular weight is 263 g/mol. The Hall–Kier alpha value is -0.830. The lowest BCUT2D eigenvalue weighted by Gasteiger charge is -2.45. The van der Waals surface area contributed by atoms with Crippen LogP contribution in [0.2, 0.25) is 0 Å². The lowest BCUT2D eigenvalue weighted by atomic mass is 9.63. The number of rotatable bonds is 4. The molecule has 19 heavy (non-hydrogen) atoms. The fourth-order valence-corrected chi connectivity index (χ4v) is 4.02. The van der Waals surface area contributed by atoms with Crippen LogP contribution in [-0.4, -0.2) is 15.6 Å². The van der Waals surface area contributed by atoms with Gasteiger partial charge in [-0.25, -0.2) is 4.98 Å². The third kappa shape index (κ3) is 3.82. The Morgan fingerprint density at radius 1 is 1.26 bits per heavy atom. The molecule has 108 valence electrons. The van der Waals surface area contributed by atoms with E-state index < -0.39 is 0 Å². The first kappa shape index (κ1) is 14.6. The number of hydrogen-bond acceptors (Lipinski definition) is 2. The van der Waals surface area contributed by atoms with E-state index in [0.717, 1.165) is 13.1 Å². The van der Waals surface area contributed by atoms with Crippen molar-refractivity contribution in [3.63, 3.8) is 0 Å². The molecule has 1 heterocycles. The molecule has 0 bridgehead atoms. The van der Waals surface area contributed by atoms with Crippen LogP contribution in [0.5, 0.6) is 0 Å². The van der Waals surface area contributed by atoms with Crippen LogP contribution >= 0.6 is 0 Å². The minimum atomic E-state index is 0.449. The zero-order valence-corrected chi connectivity index (χ0v) is 13.2. The van der Waals surface area contributed by atoms with E-state index in [1.807, 2.05) is 12.5 Å². The van der Waals surface area contributed by atoms with Crippen LogP contribution in [0.15, 0.2) is 12.5 Å². The summed E-state index contributed by atoms with van der Waals surface area (Å²) in [6.45, 7) is 13.7. The maximum Gasteiger partial charge on any atom is 0.0948 e. The largest absolute Gasteiger partial charge is 0.334 e. The van der Waals surface area contributed by atoms with Crippen molar-refractivity contribution in [2.75, 3.05) is 0 Å². The highest BCUT2D eigenvalue weighted by Crippen LogP contribution is 2.45. The third-order valence-corrected chi connectivity index (χ3v) is 4.27. The molecule has 1 aliphatic rings. The van der Waals surface area contributed by atoms with E-state index in [4.69, 9.17) is 0 Å². The number of nitrogens with zero attached hydrogens (tertiary/aromatic N) is 2. The molecule has 0 saturated heterocycles. The minimum absolute atomic E-state index is 0.449. The molecule has 2 rings (SSSR count). The molecule has 1 aromatic rings. The molecular weight excluding hydrogens is 234 g/mol. The summed E-state index contributed by atoms with van der Waals surface area (Å²) in [6.07, 6.45) is 7.78. The number of aromatic nitrogens is 2. The van der Waals surface area contributed by atoms with Gasteiger partial charge in [-0.1, -0.05) is 27.7 Å². The number of aryl methyl sites for hydroxylation is 1. The van der Waals surface area contributed by atoms with E-state index in [0.29, 0.717) is 16.9 Å². The lowest BCUT2D eigenvalue weighted by molar-refractivity contribution is 0.0842. The Balaban J connectivity index is 1.96. The molecular formula is C16H29N3. The quantitative estimate of drug-likeness (QED) is 0.899. The molecule has 0 unspecified atom stereocenters. The van der Waals surface area contributed by atoms with Crippen molar-refractivity contribution < 1.29 is 0 Å². The van der Waals surface area contributed by atoms with Gasteiger partial charge < -0.3 is 9.88 Å². The van der Waals surface area contributed by atoms with Crippen molar-refractivity contribution in [2.24, 2.45) is 10.8 Å². The summed E-state index contributed by atoms with van der Waals surface area (Å²) in [6, 6.07) is 0.624. The van der Waals surface area contributed by atoms with E-state index in [1.165, 1.54) is 25.0 Å². The van der Waals surface area contributed by atoms with Crippen LogP contribution < -0.4 is 5.32 Å². The van der Waals surface area contributed by atoms with Gasteiger partial charge in [0.1, 0.15) is 0 Å². The summed E-state index contributed by atoms with van der Waals surface area (Å²) in [7, 11) is 0. The number of imidazole rings is 1. The van der Waals surface area contributed by atoms with Crippen LogP contribution in [0, 0.1) is 10.8 Å². The monoisotopic (exact) mass is 263 g/mol. The third-order valence-electron chi connectivity index (χ3n) is 4.27. The van der Waals surface area contributed by atoms with Crippen molar-refractivity contribution in [3.05, 3.63) is 18.2 Å². The normalized spacial score (nSPS) is 22.6. The van der Waals surface area contributed by atoms with E-state index in [1.54, 1.807) is 0 Å². The Morgan fingerprint density at radius 3 is 2.47 bits per heavy atom. The van der Waals surface area contributed by atoms with Gasteiger partial charge in [-0.05, 0) is 37.0 Å². The van der Waals surface area contributed by atoms with Crippen molar-refractivity contribution in [1.82, 2.24) is 14.9 Å². The molecule has 0 atom stereocenters. The van der Waals surface area contributed by atoms with Gasteiger partial charge in [0.15, 0.2) is 0 Å². The Bertz CT molecular complexity index is 401. The molecule has 1 fully saturated rings. The van der Waals surface area contributed by atoms with Crippen molar-refractivity contribution in [1.29, 1.82) is 0 Å². The summed E-state index contributed by atoms with van der Waals surface area (Å²) in [4.78, 5) is 4.24. The predicted octanol–water partition coefficient (Wildman–Crippen LogP) is 3.60. The second-order valence-corrected chi connectivity index (χ2v) is 7.66. The smallest absolute Gasteiger partial charge is 0.0948 e. The van der Waals surface area contributed by atoms with Gasteiger partial charge in [0, 0.05) is 25.3 Å². The SMILES string of the molecule is CCn1cncc1CNC1CC(C)(C)CC(C)(C)C1. The van der Waals surface area contributed by atoms with Crippen LogP contribution in [0.4, 0.5) is 0 Å². The highest BCUT2D eigenvalue weighted by Gasteiger charge is 2.38. The fraction of sp³-hybridized carbons (Fsp3) is 0.812. The van der Waals surface area contributed by atoms with E-state index in [9.17, 15) is 0 Å². The van der Waals surface area contributed by atoms with Gasteiger partial charge >= 0.3 is 0 Å². The topological polar surface area (TPSA) is 29.9 Å². The number of hydrogen-bond donors (Lipinski definition) is 1. The van der Waals surface area contributed by atoms with Crippen LogP contribution in [-0.2, 0) is 13.1 Å². The molecule has 1 N–H and O–H groups in total. The molecule has 3 heteroatoms. The molecule has 3 nitrogen and oxygen atoms in total. The van der Waals surface area contributed by atoms with Gasteiger partial charge in [-0.15, -0.1) is 0 Å². The molecule has 1 aromatic heterocycles. The Kier molecular flexibility index (Phi) is 4.05. The van der Waals surface area contributed by atoms with E-state index in [2.05, 4.69) is 49.5 Å². The number of nitrogens with one attached hydrogen (secondary N) is 1. The highest BCUT2D eigenvalue weighted by molar-refractivity contribution is 4.99. The summed E-state index contributed by atoms with van der Waals surface area (Å²) in [5.74, 6) is 0. The van der Waals surface area contributed by atoms with Gasteiger partial charge in [0.25, 0.3) is 0 Å². The van der Waals surface area contributed by atoms with Gasteiger partial charge in [0.2, 0.25) is 0 Å². The van der Waals surface area contributed by atoms with Crippen molar-refractivity contribution in [3.8, 4) is 0 Å². The standard InChI is InChI=1S/C16H29N3/c1-6-19-12-17-9-14(19)10-18-13-7-15(2,3)11-16(4,5)8-13/h9,12-13,18H,6-8,10-11H2,1-5H3. The van der Waals surface area contributed by atoms with Crippen molar-refractivity contribution in [2.45, 2.75) is 73.0 Å². The first-order chi connectivity index (χ1) is 8.81. The second kappa shape index (κ2) is 5.28. The lowest BCUT2D eigenvalue weighted by Crippen LogP contribution is -2.43. The molecule has 1 aliphatic carbocycles. The Labute approximate surface area is 117 Å². The molecule has 0 aromatic carbocycles. The van der Waals surface area contributed by atoms with Crippen LogP contribution in [0.1, 0.15) is 59.6 Å². The molecule has 0 aliphatic heterocycles. The van der Waals surface area contributed by atoms with E-state index in [-0.39, 0.29) is 0 Å². The second-order valence-electron chi connectivity index (χ2n) is 7.66.